The minimum atomic E-state index is -3.43. The molecule has 0 aliphatic heterocycles. The fourth-order valence-corrected chi connectivity index (χ4v) is 3.16. The lowest BCUT2D eigenvalue weighted by Crippen LogP contribution is -2.32. The van der Waals surface area contributed by atoms with Crippen LogP contribution in [0.25, 0.3) is 0 Å². The van der Waals surface area contributed by atoms with E-state index in [2.05, 4.69) is 4.72 Å². The average Bonchev–Trinajstić information content (AvgIpc) is 2.47. The minimum Gasteiger partial charge on any atom is -0.481 e. The van der Waals surface area contributed by atoms with Crippen molar-refractivity contribution in [2.45, 2.75) is 26.7 Å². The molecule has 0 bridgehead atoms. The van der Waals surface area contributed by atoms with Crippen LogP contribution in [0.15, 0.2) is 24.3 Å². The van der Waals surface area contributed by atoms with E-state index in [1.165, 1.54) is 11.0 Å². The first-order chi connectivity index (χ1) is 10.8. The lowest BCUT2D eigenvalue weighted by Gasteiger charge is -2.20. The summed E-state index contributed by atoms with van der Waals surface area (Å²) >= 11 is 0. The van der Waals surface area contributed by atoms with Crippen molar-refractivity contribution >= 4 is 27.6 Å². The third kappa shape index (κ3) is 6.27. The van der Waals surface area contributed by atoms with E-state index >= 15 is 0 Å². The van der Waals surface area contributed by atoms with Crippen molar-refractivity contribution in [1.29, 1.82) is 0 Å². The van der Waals surface area contributed by atoms with Gasteiger partial charge < -0.3 is 10.0 Å². The van der Waals surface area contributed by atoms with Gasteiger partial charge in [-0.25, -0.2) is 8.42 Å². The topological polar surface area (TPSA) is 104 Å². The third-order valence-corrected chi connectivity index (χ3v) is 4.61. The number of amides is 1. The van der Waals surface area contributed by atoms with Gasteiger partial charge in [-0.3, -0.25) is 14.3 Å². The fraction of sp³-hybridized carbons (Fsp3) is 0.467. The monoisotopic (exact) mass is 342 g/mol. The van der Waals surface area contributed by atoms with E-state index in [0.717, 1.165) is 0 Å². The van der Waals surface area contributed by atoms with Crippen LogP contribution in [-0.4, -0.2) is 49.1 Å². The highest BCUT2D eigenvalue weighted by molar-refractivity contribution is 7.92. The Morgan fingerprint density at radius 2 is 1.96 bits per heavy atom. The average molecular weight is 342 g/mol. The summed E-state index contributed by atoms with van der Waals surface area (Å²) in [5, 5.41) is 8.72. The van der Waals surface area contributed by atoms with Crippen LogP contribution in [-0.2, 0) is 14.8 Å². The molecular weight excluding hydrogens is 320 g/mol. The fourth-order valence-electron chi connectivity index (χ4n) is 2.03. The molecule has 0 aliphatic rings. The number of rotatable bonds is 9. The molecule has 0 spiro atoms. The van der Waals surface area contributed by atoms with Crippen molar-refractivity contribution in [3.8, 4) is 0 Å². The van der Waals surface area contributed by atoms with Gasteiger partial charge in [0.05, 0.1) is 12.2 Å². The summed E-state index contributed by atoms with van der Waals surface area (Å²) in [5.41, 5.74) is 0.632. The van der Waals surface area contributed by atoms with E-state index in [9.17, 15) is 18.0 Å². The van der Waals surface area contributed by atoms with Crippen LogP contribution in [0.1, 0.15) is 37.0 Å². The molecule has 1 aromatic rings. The van der Waals surface area contributed by atoms with Crippen LogP contribution >= 0.6 is 0 Å². The molecule has 0 saturated heterocycles. The van der Waals surface area contributed by atoms with Gasteiger partial charge in [0.25, 0.3) is 5.91 Å². The molecule has 128 valence electrons. The first-order valence-electron chi connectivity index (χ1n) is 7.40. The molecule has 0 radical (unpaired) electrons. The van der Waals surface area contributed by atoms with Crippen molar-refractivity contribution in [2.24, 2.45) is 0 Å². The molecule has 23 heavy (non-hydrogen) atoms. The number of sulfonamides is 1. The minimum absolute atomic E-state index is 0.00483. The summed E-state index contributed by atoms with van der Waals surface area (Å²) in [7, 11) is -3.43. The normalized spacial score (nSPS) is 11.0. The number of aliphatic carboxylic acids is 1. The van der Waals surface area contributed by atoms with E-state index in [-0.39, 0.29) is 24.6 Å². The smallest absolute Gasteiger partial charge is 0.305 e. The Bertz CT molecular complexity index is 658. The zero-order valence-corrected chi connectivity index (χ0v) is 14.1. The Labute approximate surface area is 136 Å². The quantitative estimate of drug-likeness (QED) is 0.712. The molecule has 0 atom stereocenters. The second kappa shape index (κ2) is 8.52. The first-order valence-corrected chi connectivity index (χ1v) is 9.06. The van der Waals surface area contributed by atoms with E-state index in [1.54, 1.807) is 32.0 Å². The van der Waals surface area contributed by atoms with Crippen LogP contribution < -0.4 is 4.72 Å². The molecule has 1 amide bonds. The number of hydrogen-bond acceptors (Lipinski definition) is 4. The molecule has 0 aromatic heterocycles. The Hall–Kier alpha value is -2.09. The lowest BCUT2D eigenvalue weighted by molar-refractivity contribution is -0.137. The molecule has 0 unspecified atom stereocenters. The zero-order chi connectivity index (χ0) is 17.5. The Morgan fingerprint density at radius 3 is 2.52 bits per heavy atom. The summed E-state index contributed by atoms with van der Waals surface area (Å²) in [6, 6.07) is 6.18. The number of nitrogens with zero attached hydrogens (tertiary/aromatic N) is 1. The lowest BCUT2D eigenvalue weighted by atomic mass is 10.1. The van der Waals surface area contributed by atoms with Gasteiger partial charge in [-0.2, -0.15) is 0 Å². The van der Waals surface area contributed by atoms with Gasteiger partial charge in [0.15, 0.2) is 0 Å². The number of carbonyl (C=O) groups is 2. The molecule has 7 nitrogen and oxygen atoms in total. The maximum atomic E-state index is 12.4. The number of anilines is 1. The summed E-state index contributed by atoms with van der Waals surface area (Å²) in [5.74, 6) is -1.30. The Morgan fingerprint density at radius 1 is 1.26 bits per heavy atom. The van der Waals surface area contributed by atoms with E-state index in [4.69, 9.17) is 5.11 Å². The molecule has 0 saturated carbocycles. The van der Waals surface area contributed by atoms with Crippen LogP contribution in [0.3, 0.4) is 0 Å². The van der Waals surface area contributed by atoms with Gasteiger partial charge >= 0.3 is 5.97 Å². The van der Waals surface area contributed by atoms with Gasteiger partial charge in [-0.15, -0.1) is 0 Å². The van der Waals surface area contributed by atoms with Crippen molar-refractivity contribution in [3.63, 3.8) is 0 Å². The zero-order valence-electron chi connectivity index (χ0n) is 13.3. The molecule has 1 rings (SSSR count). The largest absolute Gasteiger partial charge is 0.481 e. The third-order valence-electron chi connectivity index (χ3n) is 3.12. The molecule has 8 heteroatoms. The van der Waals surface area contributed by atoms with Crippen molar-refractivity contribution in [2.75, 3.05) is 23.6 Å². The van der Waals surface area contributed by atoms with Gasteiger partial charge in [-0.05, 0) is 31.5 Å². The summed E-state index contributed by atoms with van der Waals surface area (Å²) in [6.07, 6.45) is 0.356. The molecule has 2 N–H and O–H groups in total. The molecule has 1 aromatic carbocycles. The highest BCUT2D eigenvalue weighted by Crippen LogP contribution is 2.15. The van der Waals surface area contributed by atoms with Crippen LogP contribution in [0.5, 0.6) is 0 Å². The predicted molar refractivity (Wildman–Crippen MR) is 88.0 cm³/mol. The van der Waals surface area contributed by atoms with Gasteiger partial charge in [0.2, 0.25) is 10.0 Å². The maximum Gasteiger partial charge on any atom is 0.305 e. The van der Waals surface area contributed by atoms with E-state index in [1.807, 2.05) is 0 Å². The number of benzene rings is 1. The highest BCUT2D eigenvalue weighted by atomic mass is 32.2. The van der Waals surface area contributed by atoms with Crippen molar-refractivity contribution < 1.29 is 23.1 Å². The molecule has 0 aliphatic carbocycles. The molecular formula is C15H22N2O5S. The Balaban J connectivity index is 2.90. The van der Waals surface area contributed by atoms with Crippen LogP contribution in [0.4, 0.5) is 5.69 Å². The summed E-state index contributed by atoms with van der Waals surface area (Å²) in [4.78, 5) is 24.4. The standard InChI is InChI=1S/C15H22N2O5S/c1-3-10-23(21,22)16-13-7-5-6-12(11-13)15(20)17(4-2)9-8-14(18)19/h5-7,11,16H,3-4,8-10H2,1-2H3,(H,18,19). The number of carboxylic acids is 1. The maximum absolute atomic E-state index is 12.4. The Kier molecular flexibility index (Phi) is 7.02. The SMILES string of the molecule is CCCS(=O)(=O)Nc1cccc(C(=O)N(CC)CCC(=O)O)c1. The number of hydrogen-bond donors (Lipinski definition) is 2. The van der Waals surface area contributed by atoms with Crippen LogP contribution in [0, 0.1) is 0 Å². The van der Waals surface area contributed by atoms with Crippen LogP contribution in [0.2, 0.25) is 0 Å². The van der Waals surface area contributed by atoms with Crippen molar-refractivity contribution in [3.05, 3.63) is 29.8 Å². The molecule has 0 fully saturated rings. The van der Waals surface area contributed by atoms with Gasteiger partial charge in [0.1, 0.15) is 0 Å². The van der Waals surface area contributed by atoms with Crippen molar-refractivity contribution in [1.82, 2.24) is 4.90 Å². The molecule has 0 heterocycles. The number of carboxylic acid groups (broad SMARTS) is 1. The predicted octanol–water partition coefficient (Wildman–Crippen LogP) is 1.78. The first kappa shape index (κ1) is 19.0. The summed E-state index contributed by atoms with van der Waals surface area (Å²) < 4.78 is 26.0. The number of carbonyl (C=O) groups excluding carboxylic acids is 1. The second-order valence-corrected chi connectivity index (χ2v) is 6.87. The van der Waals surface area contributed by atoms with E-state index < -0.39 is 16.0 Å². The second-order valence-electron chi connectivity index (χ2n) is 5.03. The number of nitrogens with one attached hydrogen (secondary N) is 1. The summed E-state index contributed by atoms with van der Waals surface area (Å²) in [6.45, 7) is 4.00. The highest BCUT2D eigenvalue weighted by Gasteiger charge is 2.16. The van der Waals surface area contributed by atoms with E-state index in [0.29, 0.717) is 24.2 Å². The van der Waals surface area contributed by atoms with Gasteiger partial charge in [-0.1, -0.05) is 13.0 Å². The van der Waals surface area contributed by atoms with Gasteiger partial charge in [0, 0.05) is 24.3 Å².